The number of nitriles is 1. The van der Waals surface area contributed by atoms with Gasteiger partial charge in [-0.1, -0.05) is 0 Å². The van der Waals surface area contributed by atoms with Crippen molar-refractivity contribution in [3.05, 3.63) is 29.3 Å². The zero-order chi connectivity index (χ0) is 18.2. The predicted molar refractivity (Wildman–Crippen MR) is 83.8 cm³/mol. The van der Waals surface area contributed by atoms with E-state index in [1.807, 2.05) is 0 Å². The third-order valence-electron chi connectivity index (χ3n) is 5.18. The van der Waals surface area contributed by atoms with Crippen LogP contribution in [0.2, 0.25) is 0 Å². The van der Waals surface area contributed by atoms with Crippen LogP contribution in [0.3, 0.4) is 0 Å². The second-order valence-corrected chi connectivity index (χ2v) is 6.48. The first-order valence-corrected chi connectivity index (χ1v) is 7.98. The quantitative estimate of drug-likeness (QED) is 0.885. The summed E-state index contributed by atoms with van der Waals surface area (Å²) in [5.41, 5.74) is -1.65. The van der Waals surface area contributed by atoms with Crippen LogP contribution in [0, 0.1) is 22.7 Å². The largest absolute Gasteiger partial charge is 0.417 e. The highest BCUT2D eigenvalue weighted by atomic mass is 19.4. The lowest BCUT2D eigenvalue weighted by molar-refractivity contribution is -0.138. The molecule has 5 nitrogen and oxygen atoms in total. The SMILES string of the molecule is CNC(=O)[C@]12CCOC[C@H]1CN(c1ccc(C#N)c(C(F)(F)F)c1)C2. The van der Waals surface area contributed by atoms with Crippen molar-refractivity contribution in [2.24, 2.45) is 11.3 Å². The van der Waals surface area contributed by atoms with Crippen molar-refractivity contribution in [1.82, 2.24) is 5.32 Å². The Bertz CT molecular complexity index is 729. The van der Waals surface area contributed by atoms with Gasteiger partial charge in [0.05, 0.1) is 29.2 Å². The van der Waals surface area contributed by atoms with Crippen LogP contribution in [0.1, 0.15) is 17.5 Å². The highest BCUT2D eigenvalue weighted by Gasteiger charge is 2.53. The molecule has 2 aliphatic heterocycles. The van der Waals surface area contributed by atoms with Crippen LogP contribution >= 0.6 is 0 Å². The van der Waals surface area contributed by atoms with Gasteiger partial charge in [0.2, 0.25) is 5.91 Å². The van der Waals surface area contributed by atoms with Gasteiger partial charge >= 0.3 is 6.18 Å². The number of benzene rings is 1. The van der Waals surface area contributed by atoms with Crippen LogP contribution in [-0.2, 0) is 15.7 Å². The molecule has 2 atom stereocenters. The average molecular weight is 353 g/mol. The maximum Gasteiger partial charge on any atom is 0.417 e. The van der Waals surface area contributed by atoms with Crippen molar-refractivity contribution in [2.75, 3.05) is 38.3 Å². The smallest absolute Gasteiger partial charge is 0.381 e. The Balaban J connectivity index is 1.96. The summed E-state index contributed by atoms with van der Waals surface area (Å²) in [6.45, 7) is 1.64. The number of hydrogen-bond donors (Lipinski definition) is 1. The lowest BCUT2D eigenvalue weighted by Gasteiger charge is -2.36. The Hall–Kier alpha value is -2.27. The Morgan fingerprint density at radius 2 is 2.24 bits per heavy atom. The molecule has 8 heteroatoms. The van der Waals surface area contributed by atoms with Crippen molar-refractivity contribution >= 4 is 11.6 Å². The van der Waals surface area contributed by atoms with Gasteiger partial charge < -0.3 is 15.0 Å². The van der Waals surface area contributed by atoms with Gasteiger partial charge in [-0.25, -0.2) is 0 Å². The van der Waals surface area contributed by atoms with Gasteiger partial charge in [0.1, 0.15) is 0 Å². The minimum Gasteiger partial charge on any atom is -0.381 e. The monoisotopic (exact) mass is 353 g/mol. The van der Waals surface area contributed by atoms with E-state index >= 15 is 0 Å². The second-order valence-electron chi connectivity index (χ2n) is 6.48. The molecule has 0 spiro atoms. The van der Waals surface area contributed by atoms with Crippen molar-refractivity contribution in [2.45, 2.75) is 12.6 Å². The van der Waals surface area contributed by atoms with E-state index in [2.05, 4.69) is 5.32 Å². The molecule has 1 N–H and O–H groups in total. The molecule has 134 valence electrons. The normalized spacial score (nSPS) is 26.0. The summed E-state index contributed by atoms with van der Waals surface area (Å²) in [5, 5.41) is 11.6. The maximum atomic E-state index is 13.2. The highest BCUT2D eigenvalue weighted by Crippen LogP contribution is 2.45. The Morgan fingerprint density at radius 3 is 2.88 bits per heavy atom. The minimum atomic E-state index is -4.60. The number of amides is 1. The zero-order valence-corrected chi connectivity index (χ0v) is 13.7. The Kier molecular flexibility index (Phi) is 4.37. The number of anilines is 1. The fourth-order valence-corrected chi connectivity index (χ4v) is 3.83. The molecule has 1 amide bonds. The summed E-state index contributed by atoms with van der Waals surface area (Å²) in [4.78, 5) is 14.2. The lowest BCUT2D eigenvalue weighted by atomic mass is 9.73. The number of carbonyl (C=O) groups excluding carboxylic acids is 1. The summed E-state index contributed by atoms with van der Waals surface area (Å²) in [6.07, 6.45) is -4.06. The first-order valence-electron chi connectivity index (χ1n) is 7.98. The van der Waals surface area contributed by atoms with Gasteiger partial charge in [0.25, 0.3) is 0 Å². The van der Waals surface area contributed by atoms with E-state index in [-0.39, 0.29) is 11.8 Å². The van der Waals surface area contributed by atoms with Crippen molar-refractivity contribution in [1.29, 1.82) is 5.26 Å². The molecule has 0 aromatic heterocycles. The van der Waals surface area contributed by atoms with E-state index in [0.29, 0.717) is 38.4 Å². The predicted octanol–water partition coefficient (Wildman–Crippen LogP) is 2.17. The number of fused-ring (bicyclic) bond motifs is 1. The van der Waals surface area contributed by atoms with E-state index in [4.69, 9.17) is 10.00 Å². The number of carbonyl (C=O) groups is 1. The number of rotatable bonds is 2. The number of nitrogens with one attached hydrogen (secondary N) is 1. The number of nitrogens with zero attached hydrogens (tertiary/aromatic N) is 2. The molecule has 0 unspecified atom stereocenters. The van der Waals surface area contributed by atoms with Crippen LogP contribution in [0.25, 0.3) is 0 Å². The number of halogens is 3. The molecule has 1 aromatic rings. The zero-order valence-electron chi connectivity index (χ0n) is 13.7. The molecule has 2 heterocycles. The Morgan fingerprint density at radius 1 is 1.48 bits per heavy atom. The van der Waals surface area contributed by atoms with Crippen LogP contribution in [0.15, 0.2) is 18.2 Å². The molecule has 2 fully saturated rings. The fourth-order valence-electron chi connectivity index (χ4n) is 3.83. The van der Waals surface area contributed by atoms with E-state index in [1.54, 1.807) is 18.0 Å². The van der Waals surface area contributed by atoms with E-state index in [0.717, 1.165) is 6.07 Å². The average Bonchev–Trinajstić information content (AvgIpc) is 3.00. The van der Waals surface area contributed by atoms with Crippen molar-refractivity contribution < 1.29 is 22.7 Å². The van der Waals surface area contributed by atoms with Gasteiger partial charge in [-0.15, -0.1) is 0 Å². The molecule has 1 aromatic carbocycles. The Labute approximate surface area is 143 Å². The molecule has 2 saturated heterocycles. The van der Waals surface area contributed by atoms with Crippen molar-refractivity contribution in [3.63, 3.8) is 0 Å². The lowest BCUT2D eigenvalue weighted by Crippen LogP contribution is -2.49. The topological polar surface area (TPSA) is 65.4 Å². The molecule has 0 bridgehead atoms. The summed E-state index contributed by atoms with van der Waals surface area (Å²) in [6, 6.07) is 5.26. The maximum absolute atomic E-state index is 13.2. The molecular formula is C17H18F3N3O2. The molecule has 3 rings (SSSR count). The van der Waals surface area contributed by atoms with E-state index in [9.17, 15) is 18.0 Å². The summed E-state index contributed by atoms with van der Waals surface area (Å²) < 4.78 is 45.1. The van der Waals surface area contributed by atoms with Gasteiger partial charge in [0.15, 0.2) is 0 Å². The van der Waals surface area contributed by atoms with Crippen LogP contribution in [0.4, 0.5) is 18.9 Å². The third-order valence-corrected chi connectivity index (χ3v) is 5.18. The molecule has 0 saturated carbocycles. The van der Waals surface area contributed by atoms with Crippen LogP contribution in [0.5, 0.6) is 0 Å². The summed E-state index contributed by atoms with van der Waals surface area (Å²) in [7, 11) is 1.57. The van der Waals surface area contributed by atoms with Crippen LogP contribution < -0.4 is 10.2 Å². The standard InChI is InChI=1S/C17H18F3N3O2/c1-22-15(24)16-4-5-25-9-12(16)8-23(10-16)13-3-2-11(7-21)14(6-13)17(18,19)20/h2-3,6,12H,4-5,8-10H2,1H3,(H,22,24)/t12-,16+/m1/s1. The number of ether oxygens (including phenoxy) is 1. The van der Waals surface area contributed by atoms with Gasteiger partial charge in [-0.05, 0) is 24.6 Å². The summed E-state index contributed by atoms with van der Waals surface area (Å²) >= 11 is 0. The first-order chi connectivity index (χ1) is 11.8. The summed E-state index contributed by atoms with van der Waals surface area (Å²) in [5.74, 6) is -0.181. The number of alkyl halides is 3. The molecule has 0 aliphatic carbocycles. The highest BCUT2D eigenvalue weighted by molar-refractivity contribution is 5.84. The molecule has 0 radical (unpaired) electrons. The van der Waals surface area contributed by atoms with E-state index in [1.165, 1.54) is 12.1 Å². The molecule has 25 heavy (non-hydrogen) atoms. The minimum absolute atomic E-state index is 0.0776. The van der Waals surface area contributed by atoms with Crippen LogP contribution in [-0.4, -0.2) is 39.3 Å². The first kappa shape index (κ1) is 17.5. The van der Waals surface area contributed by atoms with Gasteiger partial charge in [-0.2, -0.15) is 18.4 Å². The second kappa shape index (κ2) is 6.23. The molecular weight excluding hydrogens is 335 g/mol. The van der Waals surface area contributed by atoms with E-state index < -0.39 is 22.7 Å². The van der Waals surface area contributed by atoms with Gasteiger partial charge in [-0.3, -0.25) is 4.79 Å². The fraction of sp³-hybridized carbons (Fsp3) is 0.529. The molecule has 2 aliphatic rings. The number of hydrogen-bond acceptors (Lipinski definition) is 4. The van der Waals surface area contributed by atoms with Crippen molar-refractivity contribution in [3.8, 4) is 6.07 Å². The van der Waals surface area contributed by atoms with Gasteiger partial charge in [0, 0.05) is 38.3 Å². The third kappa shape index (κ3) is 2.93.